The number of hydrogen-bond donors (Lipinski definition) is 2. The Bertz CT molecular complexity index is 327. The fraction of sp³-hybridized carbons (Fsp3) is 0. The first-order chi connectivity index (χ1) is 4.50. The van der Waals surface area contributed by atoms with E-state index in [4.69, 9.17) is 5.73 Å². The lowest BCUT2D eigenvalue weighted by Crippen LogP contribution is -2.12. The number of nitrogens with zero attached hydrogens (tertiary/aromatic N) is 1. The zero-order chi connectivity index (χ0) is 7.78. The first-order valence-corrected chi connectivity index (χ1v) is 3.78. The monoisotopic (exact) mass is 163 g/mol. The van der Waals surface area contributed by atoms with E-state index in [-0.39, 0.29) is 11.0 Å². The Kier molecular flexibility index (Phi) is 1.38. The summed E-state index contributed by atoms with van der Waals surface area (Å²) in [7, 11) is -3.77. The van der Waals surface area contributed by atoms with Crippen LogP contribution >= 0.6 is 0 Å². The second-order valence-electron chi connectivity index (χ2n) is 1.57. The number of oxazole rings is 1. The summed E-state index contributed by atoms with van der Waals surface area (Å²) < 4.78 is 25.3. The van der Waals surface area contributed by atoms with Gasteiger partial charge >= 0.3 is 0 Å². The SMILES string of the molecule is Nc1nc(S(N)(=O)=O)co1. The normalized spacial score (nSPS) is 11.7. The van der Waals surface area contributed by atoms with Gasteiger partial charge in [-0.05, 0) is 0 Å². The molecule has 0 saturated heterocycles. The summed E-state index contributed by atoms with van der Waals surface area (Å²) >= 11 is 0. The fourth-order valence-electron chi connectivity index (χ4n) is 0.403. The van der Waals surface area contributed by atoms with E-state index < -0.39 is 10.0 Å². The summed E-state index contributed by atoms with van der Waals surface area (Å²) in [6.07, 6.45) is 0.880. The third kappa shape index (κ3) is 1.25. The van der Waals surface area contributed by atoms with Gasteiger partial charge in [-0.25, -0.2) is 13.6 Å². The van der Waals surface area contributed by atoms with Crippen LogP contribution in [-0.2, 0) is 10.0 Å². The first kappa shape index (κ1) is 7.03. The average Bonchev–Trinajstić information content (AvgIpc) is 2.11. The van der Waals surface area contributed by atoms with Gasteiger partial charge in [-0.3, -0.25) is 0 Å². The Hall–Kier alpha value is -1.08. The lowest BCUT2D eigenvalue weighted by atomic mass is 11.0. The smallest absolute Gasteiger partial charge is 0.293 e. The van der Waals surface area contributed by atoms with Crippen LogP contribution in [0.2, 0.25) is 0 Å². The van der Waals surface area contributed by atoms with E-state index in [1.165, 1.54) is 0 Å². The summed E-state index contributed by atoms with van der Waals surface area (Å²) in [6, 6.07) is -0.218. The molecule has 7 heteroatoms. The summed E-state index contributed by atoms with van der Waals surface area (Å²) in [5.41, 5.74) is 4.98. The van der Waals surface area contributed by atoms with Crippen LogP contribution in [0.5, 0.6) is 0 Å². The zero-order valence-corrected chi connectivity index (χ0v) is 5.63. The predicted molar refractivity (Wildman–Crippen MR) is 32.3 cm³/mol. The Morgan fingerprint density at radius 1 is 1.60 bits per heavy atom. The molecule has 1 rings (SSSR count). The van der Waals surface area contributed by atoms with Crippen LogP contribution < -0.4 is 10.9 Å². The minimum absolute atomic E-state index is 0.218. The number of rotatable bonds is 1. The van der Waals surface area contributed by atoms with E-state index in [0.717, 1.165) is 6.26 Å². The van der Waals surface area contributed by atoms with Crippen LogP contribution in [0.15, 0.2) is 15.7 Å². The quantitative estimate of drug-likeness (QED) is 0.545. The molecule has 10 heavy (non-hydrogen) atoms. The number of nitrogens with two attached hydrogens (primary N) is 2. The summed E-state index contributed by atoms with van der Waals surface area (Å²) in [5.74, 6) is 0. The number of aromatic nitrogens is 1. The van der Waals surface area contributed by atoms with Crippen LogP contribution in [0, 0.1) is 0 Å². The highest BCUT2D eigenvalue weighted by molar-refractivity contribution is 7.89. The molecule has 0 atom stereocenters. The Morgan fingerprint density at radius 3 is 2.40 bits per heavy atom. The molecule has 0 amide bonds. The van der Waals surface area contributed by atoms with Gasteiger partial charge in [0, 0.05) is 0 Å². The van der Waals surface area contributed by atoms with E-state index in [1.807, 2.05) is 0 Å². The molecule has 0 radical (unpaired) electrons. The zero-order valence-electron chi connectivity index (χ0n) is 4.81. The summed E-state index contributed by atoms with van der Waals surface area (Å²) in [6.45, 7) is 0. The van der Waals surface area contributed by atoms with Gasteiger partial charge in [0.2, 0.25) is 5.03 Å². The highest BCUT2D eigenvalue weighted by Crippen LogP contribution is 2.06. The number of hydrogen-bond acceptors (Lipinski definition) is 5. The molecule has 0 bridgehead atoms. The molecule has 6 nitrogen and oxygen atoms in total. The Balaban J connectivity index is 3.21. The van der Waals surface area contributed by atoms with E-state index >= 15 is 0 Å². The van der Waals surface area contributed by atoms with Gasteiger partial charge in [0.05, 0.1) is 0 Å². The van der Waals surface area contributed by atoms with Crippen molar-refractivity contribution in [3.05, 3.63) is 6.26 Å². The van der Waals surface area contributed by atoms with Crippen LogP contribution in [0.3, 0.4) is 0 Å². The Labute approximate surface area is 56.9 Å². The largest absolute Gasteiger partial charge is 0.431 e. The van der Waals surface area contributed by atoms with Crippen molar-refractivity contribution in [3.8, 4) is 0 Å². The fourth-order valence-corrected chi connectivity index (χ4v) is 0.802. The second-order valence-corrected chi connectivity index (χ2v) is 3.08. The molecule has 0 fully saturated rings. The molecule has 4 N–H and O–H groups in total. The average molecular weight is 163 g/mol. The highest BCUT2D eigenvalue weighted by Gasteiger charge is 2.11. The van der Waals surface area contributed by atoms with Crippen molar-refractivity contribution < 1.29 is 12.8 Å². The molecule has 0 aromatic carbocycles. The van der Waals surface area contributed by atoms with Crippen molar-refractivity contribution >= 4 is 16.0 Å². The van der Waals surface area contributed by atoms with Gasteiger partial charge in [-0.15, -0.1) is 0 Å². The van der Waals surface area contributed by atoms with Crippen LogP contribution in [-0.4, -0.2) is 13.4 Å². The lowest BCUT2D eigenvalue weighted by Gasteiger charge is -1.84. The van der Waals surface area contributed by atoms with Gasteiger partial charge in [0.25, 0.3) is 16.0 Å². The number of sulfonamides is 1. The standard InChI is InChI=1S/C3H5N3O3S/c4-3-6-2(1-9-3)10(5,7)8/h1H,(H2,4,6)(H2,5,7,8). The van der Waals surface area contributed by atoms with E-state index in [9.17, 15) is 8.42 Å². The Morgan fingerprint density at radius 2 is 2.20 bits per heavy atom. The van der Waals surface area contributed by atoms with Crippen molar-refractivity contribution in [1.82, 2.24) is 4.98 Å². The molecule has 1 aromatic heterocycles. The maximum atomic E-state index is 10.4. The van der Waals surface area contributed by atoms with Gasteiger partial charge < -0.3 is 10.2 Å². The van der Waals surface area contributed by atoms with Crippen LogP contribution in [0.25, 0.3) is 0 Å². The third-order valence-electron chi connectivity index (χ3n) is 0.792. The van der Waals surface area contributed by atoms with Crippen molar-refractivity contribution in [2.45, 2.75) is 5.03 Å². The van der Waals surface area contributed by atoms with Crippen molar-refractivity contribution in [3.63, 3.8) is 0 Å². The van der Waals surface area contributed by atoms with E-state index in [2.05, 4.69) is 14.5 Å². The maximum Gasteiger partial charge on any atom is 0.293 e. The predicted octanol–water partition coefficient (Wildman–Crippen LogP) is -1.10. The lowest BCUT2D eigenvalue weighted by molar-refractivity contribution is 0.571. The molecule has 1 aromatic rings. The molecular formula is C3H5N3O3S. The minimum atomic E-state index is -3.77. The van der Waals surface area contributed by atoms with Crippen LogP contribution in [0.1, 0.15) is 0 Å². The molecule has 1 heterocycles. The molecule has 56 valence electrons. The topological polar surface area (TPSA) is 112 Å². The third-order valence-corrected chi connectivity index (χ3v) is 1.56. The summed E-state index contributed by atoms with van der Waals surface area (Å²) in [5, 5.41) is 4.31. The van der Waals surface area contributed by atoms with E-state index in [1.54, 1.807) is 0 Å². The van der Waals surface area contributed by atoms with E-state index in [0.29, 0.717) is 0 Å². The molecule has 0 aliphatic carbocycles. The molecule has 0 spiro atoms. The molecule has 0 unspecified atom stereocenters. The van der Waals surface area contributed by atoms with Gasteiger partial charge in [0.1, 0.15) is 6.26 Å². The molecule has 0 aliphatic rings. The number of primary sulfonamides is 1. The van der Waals surface area contributed by atoms with Gasteiger partial charge in [-0.1, -0.05) is 0 Å². The molecule has 0 aliphatic heterocycles. The number of nitrogen functional groups attached to an aromatic ring is 1. The van der Waals surface area contributed by atoms with Crippen molar-refractivity contribution in [2.75, 3.05) is 5.73 Å². The molecular weight excluding hydrogens is 158 g/mol. The van der Waals surface area contributed by atoms with Crippen molar-refractivity contribution in [2.24, 2.45) is 5.14 Å². The maximum absolute atomic E-state index is 10.4. The van der Waals surface area contributed by atoms with Gasteiger partial charge in [-0.2, -0.15) is 4.98 Å². The number of anilines is 1. The second kappa shape index (κ2) is 1.96. The molecule has 0 saturated carbocycles. The van der Waals surface area contributed by atoms with Crippen molar-refractivity contribution in [1.29, 1.82) is 0 Å². The van der Waals surface area contributed by atoms with Crippen LogP contribution in [0.4, 0.5) is 6.01 Å². The first-order valence-electron chi connectivity index (χ1n) is 2.24. The van der Waals surface area contributed by atoms with Gasteiger partial charge in [0.15, 0.2) is 0 Å². The summed E-state index contributed by atoms with van der Waals surface area (Å²) in [4.78, 5) is 3.28. The minimum Gasteiger partial charge on any atom is -0.431 e. The highest BCUT2D eigenvalue weighted by atomic mass is 32.2.